The Kier molecular flexibility index (Phi) is 7.18. The van der Waals surface area contributed by atoms with E-state index in [1.807, 2.05) is 11.2 Å². The zero-order chi connectivity index (χ0) is 20.9. The highest BCUT2D eigenvalue weighted by atomic mass is 35.5. The van der Waals surface area contributed by atoms with Gasteiger partial charge in [0, 0.05) is 30.7 Å². The van der Waals surface area contributed by atoms with Crippen LogP contribution in [0.5, 0.6) is 0 Å². The summed E-state index contributed by atoms with van der Waals surface area (Å²) in [5.74, 6) is -0.550. The van der Waals surface area contributed by atoms with Crippen molar-refractivity contribution in [3.63, 3.8) is 0 Å². The van der Waals surface area contributed by atoms with E-state index in [0.717, 1.165) is 37.6 Å². The molecule has 2 heterocycles. The fourth-order valence-electron chi connectivity index (χ4n) is 3.45. The van der Waals surface area contributed by atoms with E-state index in [1.54, 1.807) is 18.2 Å². The van der Waals surface area contributed by atoms with Gasteiger partial charge < -0.3 is 9.80 Å². The smallest absolute Gasteiger partial charge is 0.332 e. The minimum Gasteiger partial charge on any atom is -0.332 e. The zero-order valence-corrected chi connectivity index (χ0v) is 16.8. The number of hydrogen-bond donors (Lipinski definition) is 1. The van der Waals surface area contributed by atoms with Crippen molar-refractivity contribution in [3.8, 4) is 0 Å². The number of likely N-dealkylation sites (tertiary alicyclic amines) is 1. The number of rotatable bonds is 6. The predicted molar refractivity (Wildman–Crippen MR) is 105 cm³/mol. The van der Waals surface area contributed by atoms with Crippen molar-refractivity contribution < 1.29 is 18.0 Å². The first-order valence-corrected chi connectivity index (χ1v) is 10.1. The SMILES string of the molecule is O=C(c1cc(C(F)(F)F)[nH]n1)N(CCN1CCCCCC1)Cc1ccccc1Cl. The Balaban J connectivity index is 1.76. The molecule has 1 aromatic carbocycles. The van der Waals surface area contributed by atoms with Crippen LogP contribution in [0.15, 0.2) is 30.3 Å². The second kappa shape index (κ2) is 9.63. The van der Waals surface area contributed by atoms with E-state index < -0.39 is 17.8 Å². The monoisotopic (exact) mass is 428 g/mol. The van der Waals surface area contributed by atoms with E-state index in [2.05, 4.69) is 10.00 Å². The lowest BCUT2D eigenvalue weighted by molar-refractivity contribution is -0.141. The lowest BCUT2D eigenvalue weighted by Crippen LogP contribution is -2.39. The quantitative estimate of drug-likeness (QED) is 0.731. The molecular weight excluding hydrogens is 405 g/mol. The molecule has 3 rings (SSSR count). The molecule has 29 heavy (non-hydrogen) atoms. The van der Waals surface area contributed by atoms with Crippen molar-refractivity contribution in [2.75, 3.05) is 26.2 Å². The molecule has 0 aliphatic carbocycles. The molecule has 5 nitrogen and oxygen atoms in total. The van der Waals surface area contributed by atoms with Crippen molar-refractivity contribution in [3.05, 3.63) is 52.3 Å². The van der Waals surface area contributed by atoms with E-state index in [9.17, 15) is 18.0 Å². The Morgan fingerprint density at radius 1 is 1.17 bits per heavy atom. The molecule has 2 aromatic rings. The van der Waals surface area contributed by atoms with Gasteiger partial charge in [-0.1, -0.05) is 42.6 Å². The summed E-state index contributed by atoms with van der Waals surface area (Å²) in [7, 11) is 0. The van der Waals surface area contributed by atoms with Crippen LogP contribution in [-0.2, 0) is 12.7 Å². The van der Waals surface area contributed by atoms with Crippen LogP contribution in [0.25, 0.3) is 0 Å². The molecule has 1 aromatic heterocycles. The molecule has 0 unspecified atom stereocenters. The maximum absolute atomic E-state index is 13.0. The Morgan fingerprint density at radius 2 is 1.86 bits per heavy atom. The number of aromatic amines is 1. The van der Waals surface area contributed by atoms with Gasteiger partial charge in [0.05, 0.1) is 0 Å². The van der Waals surface area contributed by atoms with E-state index in [-0.39, 0.29) is 12.2 Å². The molecule has 0 saturated carbocycles. The Morgan fingerprint density at radius 3 is 2.48 bits per heavy atom. The fraction of sp³-hybridized carbons (Fsp3) is 0.500. The van der Waals surface area contributed by atoms with Crippen molar-refractivity contribution in [1.29, 1.82) is 0 Å². The summed E-state index contributed by atoms with van der Waals surface area (Å²) in [6, 6.07) is 7.90. The lowest BCUT2D eigenvalue weighted by Gasteiger charge is -2.27. The number of alkyl halides is 3. The van der Waals surface area contributed by atoms with E-state index in [1.165, 1.54) is 17.7 Å². The number of carbonyl (C=O) groups is 1. The molecule has 0 radical (unpaired) electrons. The summed E-state index contributed by atoms with van der Waals surface area (Å²) in [4.78, 5) is 16.8. The van der Waals surface area contributed by atoms with Crippen LogP contribution in [0.4, 0.5) is 13.2 Å². The van der Waals surface area contributed by atoms with Crippen molar-refractivity contribution >= 4 is 17.5 Å². The molecule has 9 heteroatoms. The van der Waals surface area contributed by atoms with Crippen LogP contribution in [0.3, 0.4) is 0 Å². The Hall–Kier alpha value is -2.06. The second-order valence-corrected chi connectivity index (χ2v) is 7.65. The summed E-state index contributed by atoms with van der Waals surface area (Å²) in [6.45, 7) is 3.19. The summed E-state index contributed by atoms with van der Waals surface area (Å²) in [6.07, 6.45) is 0.0587. The van der Waals surface area contributed by atoms with Crippen LogP contribution in [-0.4, -0.2) is 52.1 Å². The van der Waals surface area contributed by atoms with Gasteiger partial charge in [-0.05, 0) is 37.6 Å². The average Bonchev–Trinajstić information content (AvgIpc) is 3.05. The standard InChI is InChI=1S/C20H24ClF3N4O/c21-16-8-4-3-7-15(16)14-28(12-11-27-9-5-1-2-6-10-27)19(29)17-13-18(26-25-17)20(22,23)24/h3-4,7-8,13H,1-2,5-6,9-12,14H2,(H,25,26). The minimum atomic E-state index is -4.58. The number of nitrogens with one attached hydrogen (secondary N) is 1. The van der Waals surface area contributed by atoms with Crippen LogP contribution < -0.4 is 0 Å². The normalized spacial score (nSPS) is 15.9. The number of aromatic nitrogens is 2. The largest absolute Gasteiger partial charge is 0.432 e. The molecule has 1 aliphatic heterocycles. The van der Waals surface area contributed by atoms with Gasteiger partial charge in [0.2, 0.25) is 0 Å². The van der Waals surface area contributed by atoms with Crippen LogP contribution >= 0.6 is 11.6 Å². The van der Waals surface area contributed by atoms with E-state index in [0.29, 0.717) is 18.1 Å². The zero-order valence-electron chi connectivity index (χ0n) is 16.0. The third-order valence-corrected chi connectivity index (χ3v) is 5.46. The topological polar surface area (TPSA) is 52.2 Å². The summed E-state index contributed by atoms with van der Waals surface area (Å²) in [5.41, 5.74) is -0.545. The number of nitrogens with zero attached hydrogens (tertiary/aromatic N) is 3. The molecule has 1 aliphatic rings. The first kappa shape index (κ1) is 21.6. The number of H-pyrrole nitrogens is 1. The van der Waals surface area contributed by atoms with Gasteiger partial charge in [-0.3, -0.25) is 9.89 Å². The molecular formula is C20H24ClF3N4O. The Bertz CT molecular complexity index is 816. The lowest BCUT2D eigenvalue weighted by atomic mass is 10.2. The van der Waals surface area contributed by atoms with Gasteiger partial charge in [-0.15, -0.1) is 0 Å². The van der Waals surface area contributed by atoms with Gasteiger partial charge in [0.25, 0.3) is 5.91 Å². The molecule has 1 amide bonds. The van der Waals surface area contributed by atoms with Gasteiger partial charge in [0.15, 0.2) is 5.69 Å². The number of benzene rings is 1. The first-order chi connectivity index (χ1) is 13.8. The predicted octanol–water partition coefficient (Wildman–Crippen LogP) is 4.60. The molecule has 0 bridgehead atoms. The van der Waals surface area contributed by atoms with Crippen molar-refractivity contribution in [1.82, 2.24) is 20.0 Å². The van der Waals surface area contributed by atoms with Crippen molar-refractivity contribution in [2.24, 2.45) is 0 Å². The van der Waals surface area contributed by atoms with Crippen LogP contribution in [0.2, 0.25) is 5.02 Å². The van der Waals surface area contributed by atoms with Gasteiger partial charge in [-0.2, -0.15) is 18.3 Å². The van der Waals surface area contributed by atoms with Crippen molar-refractivity contribution in [2.45, 2.75) is 38.4 Å². The summed E-state index contributed by atoms with van der Waals surface area (Å²) < 4.78 is 38.6. The van der Waals surface area contributed by atoms with Crippen LogP contribution in [0, 0.1) is 0 Å². The average molecular weight is 429 g/mol. The summed E-state index contributed by atoms with van der Waals surface area (Å²) in [5, 5.41) is 6.02. The third kappa shape index (κ3) is 5.96. The van der Waals surface area contributed by atoms with Gasteiger partial charge in [-0.25, -0.2) is 0 Å². The van der Waals surface area contributed by atoms with E-state index in [4.69, 9.17) is 11.6 Å². The first-order valence-electron chi connectivity index (χ1n) is 9.72. The highest BCUT2D eigenvalue weighted by molar-refractivity contribution is 6.31. The minimum absolute atomic E-state index is 0.209. The molecule has 1 saturated heterocycles. The highest BCUT2D eigenvalue weighted by Gasteiger charge is 2.34. The second-order valence-electron chi connectivity index (χ2n) is 7.24. The van der Waals surface area contributed by atoms with Crippen LogP contribution in [0.1, 0.15) is 47.4 Å². The molecule has 0 atom stereocenters. The number of amides is 1. The molecule has 0 spiro atoms. The maximum atomic E-state index is 13.0. The van der Waals surface area contributed by atoms with Gasteiger partial charge in [0.1, 0.15) is 5.69 Å². The van der Waals surface area contributed by atoms with E-state index >= 15 is 0 Å². The Labute approximate surface area is 172 Å². The third-order valence-electron chi connectivity index (χ3n) is 5.09. The molecule has 158 valence electrons. The summed E-state index contributed by atoms with van der Waals surface area (Å²) >= 11 is 6.23. The van der Waals surface area contributed by atoms with Gasteiger partial charge >= 0.3 is 6.18 Å². The maximum Gasteiger partial charge on any atom is 0.432 e. The number of halogens is 4. The fourth-order valence-corrected chi connectivity index (χ4v) is 3.64. The molecule has 1 N–H and O–H groups in total. The number of hydrogen-bond acceptors (Lipinski definition) is 3. The molecule has 1 fully saturated rings. The highest BCUT2D eigenvalue weighted by Crippen LogP contribution is 2.28. The number of carbonyl (C=O) groups excluding carboxylic acids is 1.